The maximum atomic E-state index is 12.4. The average molecular weight is 407 g/mol. The molecule has 0 spiro atoms. The number of allylic oxidation sites excluding steroid dienone is 2. The van der Waals surface area contributed by atoms with Gasteiger partial charge in [0.1, 0.15) is 0 Å². The molecule has 162 valence electrons. The van der Waals surface area contributed by atoms with Gasteiger partial charge in [0.25, 0.3) is 0 Å². The first-order chi connectivity index (χ1) is 14.5. The van der Waals surface area contributed by atoms with Crippen molar-refractivity contribution in [3.05, 3.63) is 36.2 Å². The van der Waals surface area contributed by atoms with Gasteiger partial charge in [-0.05, 0) is 96.7 Å². The predicted molar refractivity (Wildman–Crippen MR) is 122 cm³/mol. The summed E-state index contributed by atoms with van der Waals surface area (Å²) >= 11 is 0. The van der Waals surface area contributed by atoms with Crippen LogP contribution in [0.3, 0.4) is 0 Å². The Balaban J connectivity index is 1.39. The summed E-state index contributed by atoms with van der Waals surface area (Å²) in [7, 11) is 0. The molecule has 4 unspecified atom stereocenters. The number of carbonyl (C=O) groups excluding carboxylic acids is 1. The molecule has 0 aromatic carbocycles. The molecule has 4 aliphatic rings. The Kier molecular flexibility index (Phi) is 5.07. The number of amides is 1. The second kappa shape index (κ2) is 7.50. The SMILES string of the molecule is CCC(=O)N1CCC2CCC3C(CC[C@]4(C)C(c5cccnc5)=CCC34)[C@@]2(C)CC1. The van der Waals surface area contributed by atoms with Crippen molar-refractivity contribution < 1.29 is 4.79 Å². The van der Waals surface area contributed by atoms with Crippen molar-refractivity contribution in [2.75, 3.05) is 13.1 Å². The van der Waals surface area contributed by atoms with E-state index >= 15 is 0 Å². The fourth-order valence-corrected chi connectivity index (χ4v) is 8.21. The maximum absolute atomic E-state index is 12.4. The van der Waals surface area contributed by atoms with Gasteiger partial charge in [0.2, 0.25) is 5.91 Å². The van der Waals surface area contributed by atoms with Gasteiger partial charge in [-0.15, -0.1) is 0 Å². The Morgan fingerprint density at radius 1 is 1.13 bits per heavy atom. The number of likely N-dealkylation sites (tertiary alicyclic amines) is 1. The highest BCUT2D eigenvalue weighted by molar-refractivity contribution is 5.75. The third-order valence-electron chi connectivity index (χ3n) is 9.94. The van der Waals surface area contributed by atoms with E-state index in [0.29, 0.717) is 23.2 Å². The Morgan fingerprint density at radius 2 is 2.00 bits per heavy atom. The molecule has 3 heteroatoms. The van der Waals surface area contributed by atoms with Crippen LogP contribution in [0.1, 0.15) is 77.7 Å². The van der Waals surface area contributed by atoms with Gasteiger partial charge in [-0.2, -0.15) is 0 Å². The molecule has 2 heterocycles. The molecule has 3 nitrogen and oxygen atoms in total. The fourth-order valence-electron chi connectivity index (χ4n) is 8.21. The third-order valence-corrected chi connectivity index (χ3v) is 9.94. The average Bonchev–Trinajstić information content (AvgIpc) is 3.02. The van der Waals surface area contributed by atoms with Crippen molar-refractivity contribution in [3.63, 3.8) is 0 Å². The minimum Gasteiger partial charge on any atom is -0.343 e. The summed E-state index contributed by atoms with van der Waals surface area (Å²) in [5, 5.41) is 0. The van der Waals surface area contributed by atoms with E-state index in [0.717, 1.165) is 36.8 Å². The summed E-state index contributed by atoms with van der Waals surface area (Å²) in [6.45, 7) is 9.11. The van der Waals surface area contributed by atoms with Gasteiger partial charge < -0.3 is 4.90 Å². The Hall–Kier alpha value is -1.64. The lowest BCUT2D eigenvalue weighted by molar-refractivity contribution is -0.130. The molecule has 0 N–H and O–H groups in total. The molecule has 30 heavy (non-hydrogen) atoms. The molecule has 3 aliphatic carbocycles. The number of rotatable bonds is 2. The highest BCUT2D eigenvalue weighted by Crippen LogP contribution is 2.66. The van der Waals surface area contributed by atoms with Crippen LogP contribution in [0.25, 0.3) is 5.57 Å². The zero-order valence-electron chi connectivity index (χ0n) is 19.1. The largest absolute Gasteiger partial charge is 0.343 e. The van der Waals surface area contributed by atoms with E-state index in [9.17, 15) is 4.79 Å². The molecular formula is C27H38N2O. The van der Waals surface area contributed by atoms with Crippen molar-refractivity contribution in [2.45, 2.75) is 72.1 Å². The Bertz CT molecular complexity index is 833. The zero-order valence-corrected chi connectivity index (χ0v) is 19.1. The Morgan fingerprint density at radius 3 is 2.77 bits per heavy atom. The van der Waals surface area contributed by atoms with E-state index < -0.39 is 0 Å². The molecule has 0 bridgehead atoms. The van der Waals surface area contributed by atoms with Crippen LogP contribution in [-0.2, 0) is 4.79 Å². The molecule has 1 aromatic rings. The maximum Gasteiger partial charge on any atom is 0.222 e. The van der Waals surface area contributed by atoms with Crippen molar-refractivity contribution in [1.82, 2.24) is 9.88 Å². The van der Waals surface area contributed by atoms with E-state index in [2.05, 4.69) is 48.1 Å². The van der Waals surface area contributed by atoms with Gasteiger partial charge >= 0.3 is 0 Å². The molecule has 0 radical (unpaired) electrons. The number of pyridine rings is 1. The molecule has 1 saturated heterocycles. The van der Waals surface area contributed by atoms with Crippen molar-refractivity contribution >= 4 is 11.5 Å². The molecule has 5 rings (SSSR count). The van der Waals surface area contributed by atoms with Crippen molar-refractivity contribution in [1.29, 1.82) is 0 Å². The summed E-state index contributed by atoms with van der Waals surface area (Å²) in [4.78, 5) is 19.0. The van der Waals surface area contributed by atoms with Gasteiger partial charge in [-0.1, -0.05) is 32.9 Å². The monoisotopic (exact) mass is 406 g/mol. The summed E-state index contributed by atoms with van der Waals surface area (Å²) < 4.78 is 0. The van der Waals surface area contributed by atoms with Gasteiger partial charge in [0.05, 0.1) is 0 Å². The first kappa shape index (κ1) is 20.3. The molecule has 1 aliphatic heterocycles. The summed E-state index contributed by atoms with van der Waals surface area (Å²) in [6.07, 6.45) is 16.2. The van der Waals surface area contributed by atoms with Crippen molar-refractivity contribution in [2.24, 2.45) is 34.5 Å². The van der Waals surface area contributed by atoms with Crippen LogP contribution in [0.5, 0.6) is 0 Å². The predicted octanol–water partition coefficient (Wildman–Crippen LogP) is 5.97. The van der Waals surface area contributed by atoms with E-state index in [1.165, 1.54) is 50.5 Å². The summed E-state index contributed by atoms with van der Waals surface area (Å²) in [5.74, 6) is 3.59. The quantitative estimate of drug-likeness (QED) is 0.606. The lowest BCUT2D eigenvalue weighted by atomic mass is 9.46. The fraction of sp³-hybridized carbons (Fsp3) is 0.704. The zero-order chi connectivity index (χ0) is 20.9. The minimum atomic E-state index is 0.308. The van der Waals surface area contributed by atoms with Crippen LogP contribution in [0.2, 0.25) is 0 Å². The summed E-state index contributed by atoms with van der Waals surface area (Å²) in [6, 6.07) is 4.33. The van der Waals surface area contributed by atoms with Crippen LogP contribution in [0.15, 0.2) is 30.6 Å². The van der Waals surface area contributed by atoms with Gasteiger partial charge in [-0.3, -0.25) is 9.78 Å². The lowest BCUT2D eigenvalue weighted by Crippen LogP contribution is -2.51. The Labute approximate surface area is 182 Å². The normalized spacial score (nSPS) is 40.6. The topological polar surface area (TPSA) is 33.2 Å². The van der Waals surface area contributed by atoms with Crippen LogP contribution < -0.4 is 0 Å². The first-order valence-corrected chi connectivity index (χ1v) is 12.4. The second-order valence-electron chi connectivity index (χ2n) is 11.0. The number of aromatic nitrogens is 1. The highest BCUT2D eigenvalue weighted by Gasteiger charge is 2.58. The highest BCUT2D eigenvalue weighted by atomic mass is 16.2. The first-order valence-electron chi connectivity index (χ1n) is 12.4. The molecule has 1 aromatic heterocycles. The van der Waals surface area contributed by atoms with E-state index in [1.54, 1.807) is 5.57 Å². The second-order valence-corrected chi connectivity index (χ2v) is 11.0. The number of hydrogen-bond acceptors (Lipinski definition) is 2. The van der Waals surface area contributed by atoms with E-state index in [-0.39, 0.29) is 0 Å². The van der Waals surface area contributed by atoms with Gasteiger partial charge in [0, 0.05) is 31.9 Å². The standard InChI is InChI=1S/C27H38N2O/c1-4-25(30)29-16-12-20-7-8-21-23-10-9-22(19-6-5-15-28-18-19)27(23,3)13-11-24(21)26(20,2)14-17-29/h5-6,9,15,18,20-21,23-24H,4,7-8,10-14,16-17H2,1-3H3/t20?,21?,23?,24?,26-,27+/m0/s1. The molecule has 3 fully saturated rings. The molecular weight excluding hydrogens is 368 g/mol. The molecule has 6 atom stereocenters. The van der Waals surface area contributed by atoms with E-state index in [1.807, 2.05) is 13.1 Å². The smallest absolute Gasteiger partial charge is 0.222 e. The number of nitrogens with zero attached hydrogens (tertiary/aromatic N) is 2. The van der Waals surface area contributed by atoms with E-state index in [4.69, 9.17) is 0 Å². The van der Waals surface area contributed by atoms with Crippen LogP contribution in [0.4, 0.5) is 0 Å². The van der Waals surface area contributed by atoms with Gasteiger partial charge in [0.15, 0.2) is 0 Å². The molecule has 1 amide bonds. The molecule has 2 saturated carbocycles. The van der Waals surface area contributed by atoms with Crippen LogP contribution in [0, 0.1) is 34.5 Å². The number of fused-ring (bicyclic) bond motifs is 5. The van der Waals surface area contributed by atoms with Crippen LogP contribution >= 0.6 is 0 Å². The lowest BCUT2D eigenvalue weighted by Gasteiger charge is -2.58. The van der Waals surface area contributed by atoms with Gasteiger partial charge in [-0.25, -0.2) is 0 Å². The van der Waals surface area contributed by atoms with Crippen molar-refractivity contribution in [3.8, 4) is 0 Å². The number of carbonyl (C=O) groups is 1. The summed E-state index contributed by atoms with van der Waals surface area (Å²) in [5.41, 5.74) is 3.61. The number of hydrogen-bond donors (Lipinski definition) is 0. The third kappa shape index (κ3) is 2.99. The minimum absolute atomic E-state index is 0.308. The van der Waals surface area contributed by atoms with Crippen LogP contribution in [-0.4, -0.2) is 28.9 Å².